The molecule has 1 amide bonds. The highest BCUT2D eigenvalue weighted by Gasteiger charge is 2.27. The first-order chi connectivity index (χ1) is 34.5. The van der Waals surface area contributed by atoms with E-state index in [1.165, 1.54) is 12.8 Å². The van der Waals surface area contributed by atoms with Gasteiger partial charge in [-0.3, -0.25) is 13.8 Å². The van der Waals surface area contributed by atoms with Crippen molar-refractivity contribution in [2.24, 2.45) is 0 Å². The van der Waals surface area contributed by atoms with Crippen LogP contribution in [0.5, 0.6) is 0 Å². The summed E-state index contributed by atoms with van der Waals surface area (Å²) in [5.41, 5.74) is 0. The van der Waals surface area contributed by atoms with E-state index >= 15 is 0 Å². The third kappa shape index (κ3) is 53.5. The van der Waals surface area contributed by atoms with Crippen LogP contribution in [-0.2, 0) is 18.4 Å². The van der Waals surface area contributed by atoms with Gasteiger partial charge in [0.15, 0.2) is 0 Å². The Kier molecular flexibility index (Phi) is 47.8. The predicted molar refractivity (Wildman–Crippen MR) is 308 cm³/mol. The molecule has 0 spiro atoms. The average Bonchev–Trinajstić information content (AvgIpc) is 3.33. The highest BCUT2D eigenvalue weighted by Crippen LogP contribution is 2.43. The number of rotatable bonds is 46. The molecule has 9 heteroatoms. The lowest BCUT2D eigenvalue weighted by Gasteiger charge is -2.25. The molecular formula is C62H100N2O6P+. The maximum absolute atomic E-state index is 12.9. The number of likely N-dealkylation sites (N-methyl/N-ethyl adjacent to an activating group) is 1. The molecule has 3 N–H and O–H groups in total. The molecule has 0 heterocycles. The molecule has 3 atom stereocenters. The Labute approximate surface area is 434 Å². The Balaban J connectivity index is 4.29. The van der Waals surface area contributed by atoms with Gasteiger partial charge in [0.2, 0.25) is 5.91 Å². The second kappa shape index (κ2) is 50.8. The summed E-state index contributed by atoms with van der Waals surface area (Å²) < 4.78 is 23.5. The first-order valence-corrected chi connectivity index (χ1v) is 28.5. The fourth-order valence-electron chi connectivity index (χ4n) is 6.41. The summed E-state index contributed by atoms with van der Waals surface area (Å²) in [6.07, 6.45) is 81.7. The molecule has 0 aromatic carbocycles. The van der Waals surface area contributed by atoms with Gasteiger partial charge in [0, 0.05) is 6.42 Å². The number of amides is 1. The molecule has 0 saturated heterocycles. The number of allylic oxidation sites excluding steroid dienone is 27. The number of aliphatic hydroxyl groups is 1. The van der Waals surface area contributed by atoms with Gasteiger partial charge < -0.3 is 19.8 Å². The molecular weight excluding hydrogens is 900 g/mol. The zero-order valence-corrected chi connectivity index (χ0v) is 46.0. The van der Waals surface area contributed by atoms with E-state index in [1.807, 2.05) is 27.2 Å². The van der Waals surface area contributed by atoms with Gasteiger partial charge in [0.05, 0.1) is 39.9 Å². The molecule has 0 rings (SSSR count). The maximum atomic E-state index is 12.9. The van der Waals surface area contributed by atoms with E-state index in [4.69, 9.17) is 9.05 Å². The predicted octanol–water partition coefficient (Wildman–Crippen LogP) is 16.5. The fourth-order valence-corrected chi connectivity index (χ4v) is 7.15. The van der Waals surface area contributed by atoms with Gasteiger partial charge in [-0.1, -0.05) is 203 Å². The number of aliphatic hydroxyl groups excluding tert-OH is 1. The zero-order valence-electron chi connectivity index (χ0n) is 45.1. The summed E-state index contributed by atoms with van der Waals surface area (Å²) in [6.45, 7) is 4.55. The lowest BCUT2D eigenvalue weighted by Crippen LogP contribution is -2.45. The van der Waals surface area contributed by atoms with Crippen LogP contribution in [-0.4, -0.2) is 73.4 Å². The second-order valence-electron chi connectivity index (χ2n) is 18.5. The molecule has 0 saturated carbocycles. The summed E-state index contributed by atoms with van der Waals surface area (Å²) in [6, 6.07) is -0.900. The average molecular weight is 1000 g/mol. The van der Waals surface area contributed by atoms with Crippen molar-refractivity contribution in [1.82, 2.24) is 5.32 Å². The van der Waals surface area contributed by atoms with Gasteiger partial charge in [-0.05, 0) is 122 Å². The standard InChI is InChI=1S/C62H99N2O6P/c1-6-8-10-12-14-16-18-20-21-22-23-24-25-26-27-28-29-30-31-32-33-34-35-36-37-38-39-40-41-42-43-44-46-48-50-52-54-56-62(66)63-60(59-70-71(67,68)69-58-57-64(3,4)5)61(65)55-53-51-49-47-45-19-17-15-13-11-9-7-2/h8,10,13-16,20-21,23-24,26-27,29-30,32-33,35-36,38-39,41-42,44-47,53,55,60-61,65H,6-7,9,11-12,17-19,22,25,28,31,34,37,40,43,48-52,54,56-59H2,1-5H3,(H-,63,66,67,68)/p+1/b10-8-,15-13+,16-14-,21-20-,24-23-,27-26-,30-29-,33-32-,36-35-,39-38-,42-41-,46-44-,47-45+,55-53+. The molecule has 0 aliphatic heterocycles. The summed E-state index contributed by atoms with van der Waals surface area (Å²) in [7, 11) is 1.49. The van der Waals surface area contributed by atoms with E-state index in [-0.39, 0.29) is 19.1 Å². The van der Waals surface area contributed by atoms with Crippen molar-refractivity contribution in [2.45, 2.75) is 174 Å². The van der Waals surface area contributed by atoms with Crippen LogP contribution >= 0.6 is 7.82 Å². The first kappa shape index (κ1) is 66.9. The van der Waals surface area contributed by atoms with Gasteiger partial charge in [0.25, 0.3) is 0 Å². The van der Waals surface area contributed by atoms with Crippen molar-refractivity contribution in [3.05, 3.63) is 170 Å². The third-order valence-electron chi connectivity index (χ3n) is 10.6. The Bertz CT molecular complexity index is 1750. The number of hydrogen-bond acceptors (Lipinski definition) is 5. The summed E-state index contributed by atoms with van der Waals surface area (Å²) >= 11 is 0. The van der Waals surface area contributed by atoms with E-state index in [0.29, 0.717) is 23.9 Å². The number of hydrogen-bond donors (Lipinski definition) is 3. The van der Waals surface area contributed by atoms with E-state index < -0.39 is 20.0 Å². The van der Waals surface area contributed by atoms with Crippen LogP contribution in [0.3, 0.4) is 0 Å². The van der Waals surface area contributed by atoms with Gasteiger partial charge >= 0.3 is 7.82 Å². The van der Waals surface area contributed by atoms with Crippen LogP contribution in [0, 0.1) is 0 Å². The number of unbranched alkanes of at least 4 members (excludes halogenated alkanes) is 7. The SMILES string of the molecule is CC/C=C\C/C=C\C/C=C\C/C=C\C/C=C\C/C=C\C/C=C\C/C=C\C/C=C\C/C=C\C/C=C\CCCCCC(=O)NC(COP(=O)(O)OCC[N+](C)(C)C)C(O)/C=C/CC/C=C/CC/C=C/CCCC. The van der Waals surface area contributed by atoms with E-state index in [2.05, 4.69) is 177 Å². The minimum absolute atomic E-state index is 0.0364. The molecule has 0 bridgehead atoms. The summed E-state index contributed by atoms with van der Waals surface area (Å²) in [5.74, 6) is -0.234. The Morgan fingerprint density at radius 3 is 1.27 bits per heavy atom. The van der Waals surface area contributed by atoms with Crippen molar-refractivity contribution in [3.8, 4) is 0 Å². The topological polar surface area (TPSA) is 105 Å². The molecule has 0 aliphatic carbocycles. The molecule has 71 heavy (non-hydrogen) atoms. The number of carbonyl (C=O) groups excluding carboxylic acids is 1. The van der Waals surface area contributed by atoms with Crippen LogP contribution in [0.15, 0.2) is 170 Å². The van der Waals surface area contributed by atoms with Crippen LogP contribution < -0.4 is 5.32 Å². The normalized spacial score (nSPS) is 15.3. The molecule has 0 aliphatic rings. The highest BCUT2D eigenvalue weighted by molar-refractivity contribution is 7.47. The fraction of sp³-hybridized carbons (Fsp3) is 0.532. The third-order valence-corrected chi connectivity index (χ3v) is 11.6. The number of nitrogens with one attached hydrogen (secondary N) is 1. The Morgan fingerprint density at radius 2 is 0.859 bits per heavy atom. The van der Waals surface area contributed by atoms with Crippen LogP contribution in [0.2, 0.25) is 0 Å². The molecule has 398 valence electrons. The largest absolute Gasteiger partial charge is 0.472 e. The second-order valence-corrected chi connectivity index (χ2v) is 19.9. The number of phosphoric acid groups is 1. The van der Waals surface area contributed by atoms with Crippen LogP contribution in [0.25, 0.3) is 0 Å². The molecule has 8 nitrogen and oxygen atoms in total. The van der Waals surface area contributed by atoms with E-state index in [1.54, 1.807) is 6.08 Å². The first-order valence-electron chi connectivity index (χ1n) is 27.0. The summed E-state index contributed by atoms with van der Waals surface area (Å²) in [4.78, 5) is 23.2. The Hall–Kier alpha value is -4.14. The maximum Gasteiger partial charge on any atom is 0.472 e. The van der Waals surface area contributed by atoms with Crippen molar-refractivity contribution in [1.29, 1.82) is 0 Å². The smallest absolute Gasteiger partial charge is 0.387 e. The molecule has 0 aromatic rings. The van der Waals surface area contributed by atoms with E-state index in [0.717, 1.165) is 122 Å². The number of phosphoric ester groups is 1. The van der Waals surface area contributed by atoms with Gasteiger partial charge in [-0.25, -0.2) is 4.57 Å². The van der Waals surface area contributed by atoms with Crippen molar-refractivity contribution in [3.63, 3.8) is 0 Å². The number of nitrogens with zero attached hydrogens (tertiary/aromatic N) is 1. The number of quaternary nitrogens is 1. The molecule has 0 fully saturated rings. The lowest BCUT2D eigenvalue weighted by atomic mass is 10.1. The lowest BCUT2D eigenvalue weighted by molar-refractivity contribution is -0.870. The monoisotopic (exact) mass is 1000 g/mol. The molecule has 0 radical (unpaired) electrons. The van der Waals surface area contributed by atoms with Gasteiger partial charge in [-0.15, -0.1) is 0 Å². The summed E-state index contributed by atoms with van der Waals surface area (Å²) in [5, 5.41) is 13.8. The van der Waals surface area contributed by atoms with Crippen molar-refractivity contribution >= 4 is 13.7 Å². The van der Waals surface area contributed by atoms with Crippen LogP contribution in [0.4, 0.5) is 0 Å². The molecule has 3 unspecified atom stereocenters. The highest BCUT2D eigenvalue weighted by atomic mass is 31.2. The Morgan fingerprint density at radius 1 is 0.493 bits per heavy atom. The van der Waals surface area contributed by atoms with Gasteiger partial charge in [0.1, 0.15) is 13.2 Å². The quantitative estimate of drug-likeness (QED) is 0.0243. The van der Waals surface area contributed by atoms with E-state index in [9.17, 15) is 19.4 Å². The minimum Gasteiger partial charge on any atom is -0.387 e. The zero-order chi connectivity index (χ0) is 52.0. The van der Waals surface area contributed by atoms with Gasteiger partial charge in [-0.2, -0.15) is 0 Å². The van der Waals surface area contributed by atoms with Crippen LogP contribution in [0.1, 0.15) is 162 Å². The number of carbonyl (C=O) groups is 1. The molecule has 0 aromatic heterocycles. The van der Waals surface area contributed by atoms with Crippen molar-refractivity contribution in [2.75, 3.05) is 40.9 Å². The van der Waals surface area contributed by atoms with Crippen molar-refractivity contribution < 1.29 is 32.9 Å². The minimum atomic E-state index is -4.37.